The van der Waals surface area contributed by atoms with E-state index in [4.69, 9.17) is 0 Å². The van der Waals surface area contributed by atoms with Crippen molar-refractivity contribution in [2.45, 2.75) is 0 Å². The van der Waals surface area contributed by atoms with E-state index in [1.165, 1.54) is 76.8 Å². The van der Waals surface area contributed by atoms with Crippen molar-refractivity contribution in [3.63, 3.8) is 0 Å². The van der Waals surface area contributed by atoms with E-state index in [0.29, 0.717) is 0 Å². The quantitative estimate of drug-likeness (QED) is 0.198. The van der Waals surface area contributed by atoms with Crippen molar-refractivity contribution in [1.29, 1.82) is 0 Å². The average molecular weight is 533 g/mol. The van der Waals surface area contributed by atoms with E-state index in [-0.39, 0.29) is 0 Å². The molecule has 196 valence electrons. The van der Waals surface area contributed by atoms with Gasteiger partial charge in [-0.15, -0.1) is 0 Å². The molecule has 0 amide bonds. The maximum atomic E-state index is 2.40. The van der Waals surface area contributed by atoms with Crippen LogP contribution in [0.3, 0.4) is 0 Å². The molecule has 0 bridgehead atoms. The normalized spacial score (nSPS) is 11.3. The highest BCUT2D eigenvalue weighted by Gasteiger charge is 2.18. The Labute approximate surface area is 246 Å². The largest absolute Gasteiger partial charge is 0.0622 e. The topological polar surface area (TPSA) is 0 Å². The predicted molar refractivity (Wildman–Crippen MR) is 181 cm³/mol. The van der Waals surface area contributed by atoms with E-state index in [1.807, 2.05) is 0 Å². The highest BCUT2D eigenvalue weighted by atomic mass is 14.2. The van der Waals surface area contributed by atoms with Gasteiger partial charge in [0.15, 0.2) is 0 Å². The van der Waals surface area contributed by atoms with Crippen LogP contribution in [0, 0.1) is 0 Å². The fraction of sp³-hybridized carbons (Fsp3) is 0. The highest BCUT2D eigenvalue weighted by molar-refractivity contribution is 6.22. The maximum Gasteiger partial charge on any atom is -0.00259 e. The molecule has 42 heavy (non-hydrogen) atoms. The minimum Gasteiger partial charge on any atom is -0.0622 e. The first-order chi connectivity index (χ1) is 20.8. The maximum absolute atomic E-state index is 2.40. The van der Waals surface area contributed by atoms with Crippen molar-refractivity contribution < 1.29 is 0 Å². The minimum atomic E-state index is 1.23. The molecule has 0 aliphatic rings. The fourth-order valence-corrected chi connectivity index (χ4v) is 6.44. The van der Waals surface area contributed by atoms with Crippen LogP contribution in [0.1, 0.15) is 0 Å². The van der Waals surface area contributed by atoms with Gasteiger partial charge in [-0.25, -0.2) is 0 Å². The third-order valence-electron chi connectivity index (χ3n) is 8.43. The minimum absolute atomic E-state index is 1.23. The third kappa shape index (κ3) is 4.17. The van der Waals surface area contributed by atoms with Crippen molar-refractivity contribution >= 4 is 32.3 Å². The molecule has 0 heteroatoms. The van der Waals surface area contributed by atoms with Gasteiger partial charge in [0.05, 0.1) is 0 Å². The van der Waals surface area contributed by atoms with Crippen LogP contribution < -0.4 is 0 Å². The van der Waals surface area contributed by atoms with Gasteiger partial charge in [0, 0.05) is 0 Å². The lowest BCUT2D eigenvalue weighted by molar-refractivity contribution is 1.61. The van der Waals surface area contributed by atoms with Crippen LogP contribution in [0.15, 0.2) is 170 Å². The zero-order valence-electron chi connectivity index (χ0n) is 23.2. The molecule has 0 aliphatic heterocycles. The molecule has 0 fully saturated rings. The summed E-state index contributed by atoms with van der Waals surface area (Å²) in [6, 6.07) is 61.8. The monoisotopic (exact) mass is 532 g/mol. The lowest BCUT2D eigenvalue weighted by Gasteiger charge is -2.19. The summed E-state index contributed by atoms with van der Waals surface area (Å²) < 4.78 is 0. The Kier molecular flexibility index (Phi) is 5.90. The number of benzene rings is 8. The van der Waals surface area contributed by atoms with Crippen molar-refractivity contribution in [1.82, 2.24) is 0 Å². The van der Waals surface area contributed by atoms with Crippen LogP contribution in [-0.4, -0.2) is 0 Å². The first-order valence-corrected chi connectivity index (χ1v) is 14.5. The van der Waals surface area contributed by atoms with E-state index in [2.05, 4.69) is 170 Å². The molecule has 0 aromatic heterocycles. The van der Waals surface area contributed by atoms with Crippen LogP contribution in [0.2, 0.25) is 0 Å². The Bertz CT molecular complexity index is 2220. The molecule has 0 unspecified atom stereocenters. The molecule has 0 saturated carbocycles. The third-order valence-corrected chi connectivity index (χ3v) is 8.43. The van der Waals surface area contributed by atoms with E-state index in [9.17, 15) is 0 Å². The molecule has 0 aliphatic carbocycles. The van der Waals surface area contributed by atoms with Gasteiger partial charge >= 0.3 is 0 Å². The van der Waals surface area contributed by atoms with Crippen LogP contribution >= 0.6 is 0 Å². The number of fused-ring (bicyclic) bond motifs is 3. The van der Waals surface area contributed by atoms with Crippen LogP contribution in [0.5, 0.6) is 0 Å². The fourth-order valence-electron chi connectivity index (χ4n) is 6.44. The van der Waals surface area contributed by atoms with E-state index in [0.717, 1.165) is 0 Å². The van der Waals surface area contributed by atoms with Crippen molar-refractivity contribution in [3.8, 4) is 44.5 Å². The molecule has 0 saturated heterocycles. The van der Waals surface area contributed by atoms with Crippen LogP contribution in [-0.2, 0) is 0 Å². The summed E-state index contributed by atoms with van der Waals surface area (Å²) >= 11 is 0. The van der Waals surface area contributed by atoms with Crippen molar-refractivity contribution in [3.05, 3.63) is 170 Å². The van der Waals surface area contributed by atoms with Gasteiger partial charge in [0.1, 0.15) is 0 Å². The summed E-state index contributed by atoms with van der Waals surface area (Å²) in [7, 11) is 0. The molecule has 8 aromatic carbocycles. The molecule has 8 aromatic rings. The first kappa shape index (κ1) is 24.3. The molecular formula is C42H28. The zero-order valence-corrected chi connectivity index (χ0v) is 23.2. The van der Waals surface area contributed by atoms with Gasteiger partial charge in [-0.05, 0) is 95.0 Å². The standard InChI is InChI=1S/C42H28/c1-3-12-29(13-4-1)33-18-11-19-35(26-33)41-37-20-9-10-21-38(37)42(36-23-22-31-16-7-8-17-32(31)27-36)40-28-34(24-25-39(40)41)30-14-5-2-6-15-30/h1-28H. The Morgan fingerprint density at radius 2 is 0.690 bits per heavy atom. The highest BCUT2D eigenvalue weighted by Crippen LogP contribution is 2.45. The first-order valence-electron chi connectivity index (χ1n) is 14.5. The second-order valence-corrected chi connectivity index (χ2v) is 10.9. The average Bonchev–Trinajstić information content (AvgIpc) is 3.07. The van der Waals surface area contributed by atoms with E-state index < -0.39 is 0 Å². The van der Waals surface area contributed by atoms with E-state index in [1.54, 1.807) is 0 Å². The second-order valence-electron chi connectivity index (χ2n) is 10.9. The number of rotatable bonds is 4. The molecule has 8 rings (SSSR count). The Balaban J connectivity index is 1.48. The summed E-state index contributed by atoms with van der Waals surface area (Å²) in [6.07, 6.45) is 0. The molecular weight excluding hydrogens is 504 g/mol. The van der Waals surface area contributed by atoms with Gasteiger partial charge in [-0.1, -0.05) is 152 Å². The predicted octanol–water partition coefficient (Wildman–Crippen LogP) is 11.8. The number of hydrogen-bond acceptors (Lipinski definition) is 0. The zero-order chi connectivity index (χ0) is 27.9. The molecule has 0 radical (unpaired) electrons. The van der Waals surface area contributed by atoms with Gasteiger partial charge in [-0.3, -0.25) is 0 Å². The molecule has 0 N–H and O–H groups in total. The van der Waals surface area contributed by atoms with Crippen LogP contribution in [0.25, 0.3) is 76.8 Å². The van der Waals surface area contributed by atoms with Gasteiger partial charge in [0.2, 0.25) is 0 Å². The van der Waals surface area contributed by atoms with Crippen molar-refractivity contribution in [2.24, 2.45) is 0 Å². The molecule has 0 nitrogen and oxygen atoms in total. The summed E-state index contributed by atoms with van der Waals surface area (Å²) in [6.45, 7) is 0. The van der Waals surface area contributed by atoms with Crippen molar-refractivity contribution in [2.75, 3.05) is 0 Å². The lowest BCUT2D eigenvalue weighted by Crippen LogP contribution is -1.92. The molecule has 0 spiro atoms. The summed E-state index contributed by atoms with van der Waals surface area (Å²) in [5.74, 6) is 0. The second kappa shape index (κ2) is 10.2. The molecule has 0 atom stereocenters. The summed E-state index contributed by atoms with van der Waals surface area (Å²) in [4.78, 5) is 0. The van der Waals surface area contributed by atoms with Crippen LogP contribution in [0.4, 0.5) is 0 Å². The SMILES string of the molecule is c1ccc(-c2cccc(-c3c4ccccc4c(-c4ccc5ccccc5c4)c4cc(-c5ccccc5)ccc34)c2)cc1. The summed E-state index contributed by atoms with van der Waals surface area (Å²) in [5.41, 5.74) is 9.94. The smallest absolute Gasteiger partial charge is 0.00259 e. The van der Waals surface area contributed by atoms with Gasteiger partial charge in [0.25, 0.3) is 0 Å². The molecule has 0 heterocycles. The van der Waals surface area contributed by atoms with Gasteiger partial charge < -0.3 is 0 Å². The Morgan fingerprint density at radius 3 is 1.40 bits per heavy atom. The summed E-state index contributed by atoms with van der Waals surface area (Å²) in [5, 5.41) is 7.59. The Hall–Kier alpha value is -5.46. The lowest BCUT2D eigenvalue weighted by atomic mass is 9.84. The number of hydrogen-bond donors (Lipinski definition) is 0. The van der Waals surface area contributed by atoms with E-state index >= 15 is 0 Å². The Morgan fingerprint density at radius 1 is 0.214 bits per heavy atom. The van der Waals surface area contributed by atoms with Gasteiger partial charge in [-0.2, -0.15) is 0 Å².